The molecule has 0 saturated carbocycles. The lowest BCUT2D eigenvalue weighted by Gasteiger charge is -2.45. The van der Waals surface area contributed by atoms with E-state index >= 15 is 0 Å². The monoisotopic (exact) mass is 642 g/mol. The molecule has 236 valence electrons. The molecule has 4 nitrogen and oxygen atoms in total. The van der Waals surface area contributed by atoms with Crippen molar-refractivity contribution in [2.75, 3.05) is 9.80 Å². The molecule has 0 aliphatic carbocycles. The van der Waals surface area contributed by atoms with Crippen LogP contribution in [0.4, 0.5) is 34.1 Å². The maximum atomic E-state index is 6.86. The van der Waals surface area contributed by atoms with Gasteiger partial charge in [-0.05, 0) is 86.3 Å². The third kappa shape index (κ3) is 3.61. The molecule has 0 spiro atoms. The minimum absolute atomic E-state index is 0.0361. The van der Waals surface area contributed by atoms with Gasteiger partial charge >= 0.3 is 0 Å². The van der Waals surface area contributed by atoms with Gasteiger partial charge < -0.3 is 18.6 Å². The molecule has 0 unspecified atom stereocenters. The topological polar surface area (TPSA) is 32.8 Å². The average molecular weight is 643 g/mol. The van der Waals surface area contributed by atoms with Crippen molar-refractivity contribution >= 4 is 101 Å². The van der Waals surface area contributed by atoms with Crippen molar-refractivity contribution in [2.45, 2.75) is 20.8 Å². The van der Waals surface area contributed by atoms with Gasteiger partial charge in [0.25, 0.3) is 6.71 Å². The van der Waals surface area contributed by atoms with Gasteiger partial charge in [0.15, 0.2) is 0 Å². The van der Waals surface area contributed by atoms with Crippen molar-refractivity contribution < 1.29 is 8.83 Å². The summed E-state index contributed by atoms with van der Waals surface area (Å²) in [6.45, 7) is 6.68. The Bertz CT molecular complexity index is 2880. The predicted octanol–water partition coefficient (Wildman–Crippen LogP) is 10.5. The van der Waals surface area contributed by atoms with Gasteiger partial charge in [-0.3, -0.25) is 0 Å². The fraction of sp³-hybridized carbons (Fsp3) is 0.0667. The second-order valence-electron chi connectivity index (χ2n) is 13.9. The summed E-state index contributed by atoms with van der Waals surface area (Å²) in [5, 5.41) is 4.56. The molecule has 9 aromatic rings. The number of aryl methyl sites for hydroxylation is 3. The SMILES string of the molecule is Cc1cc(C)c(B2c3cccc4c3N(c3ccccc3N4c3ccc4c(c3)oc3ccccc34)c3ccc4c(oc5ccccc54)c32)c(C)c1. The normalized spacial score (nSPS) is 13.4. The van der Waals surface area contributed by atoms with Crippen LogP contribution < -0.4 is 26.2 Å². The maximum Gasteiger partial charge on any atom is 0.252 e. The van der Waals surface area contributed by atoms with Crippen molar-refractivity contribution in [1.29, 1.82) is 0 Å². The number of nitrogens with zero attached hydrogens (tertiary/aromatic N) is 2. The summed E-state index contributed by atoms with van der Waals surface area (Å²) in [6.07, 6.45) is 0. The molecule has 4 heterocycles. The fourth-order valence-electron chi connectivity index (χ4n) is 9.06. The molecule has 2 aliphatic rings. The van der Waals surface area contributed by atoms with Crippen LogP contribution in [-0.4, -0.2) is 6.71 Å². The van der Waals surface area contributed by atoms with Crippen LogP contribution in [0.15, 0.2) is 142 Å². The zero-order valence-corrected chi connectivity index (χ0v) is 28.0. The number of rotatable bonds is 2. The summed E-state index contributed by atoms with van der Waals surface area (Å²) >= 11 is 0. The summed E-state index contributed by atoms with van der Waals surface area (Å²) in [4.78, 5) is 4.89. The molecule has 0 amide bonds. The Morgan fingerprint density at radius 3 is 1.86 bits per heavy atom. The first-order valence-corrected chi connectivity index (χ1v) is 17.3. The average Bonchev–Trinajstić information content (AvgIpc) is 3.70. The molecule has 50 heavy (non-hydrogen) atoms. The largest absolute Gasteiger partial charge is 0.457 e. The Morgan fingerprint density at radius 1 is 0.460 bits per heavy atom. The lowest BCUT2D eigenvalue weighted by Crippen LogP contribution is -2.59. The fourth-order valence-corrected chi connectivity index (χ4v) is 9.06. The Labute approximate surface area is 289 Å². The van der Waals surface area contributed by atoms with Crippen molar-refractivity contribution in [3.05, 3.63) is 150 Å². The number of para-hydroxylation sites is 5. The summed E-state index contributed by atoms with van der Waals surface area (Å²) in [7, 11) is 0. The van der Waals surface area contributed by atoms with Crippen molar-refractivity contribution in [1.82, 2.24) is 0 Å². The third-order valence-electron chi connectivity index (χ3n) is 10.9. The summed E-state index contributed by atoms with van der Waals surface area (Å²) < 4.78 is 13.3. The number of hydrogen-bond donors (Lipinski definition) is 0. The molecule has 11 rings (SSSR count). The molecular weight excluding hydrogens is 611 g/mol. The van der Waals surface area contributed by atoms with E-state index in [9.17, 15) is 0 Å². The Balaban J connectivity index is 1.24. The molecule has 0 radical (unpaired) electrons. The highest BCUT2D eigenvalue weighted by molar-refractivity contribution is 7.00. The van der Waals surface area contributed by atoms with Gasteiger partial charge in [0.05, 0.1) is 28.4 Å². The standard InChI is InChI=1S/C45H31BN2O2/c1-26-23-27(2)42(28(3)24-26)46-34-13-10-16-38-44(34)48(37-22-21-33-31-12-5-9-18-40(31)50-45(33)43(37)46)36-15-7-6-14-35(36)47(38)29-19-20-32-30-11-4-8-17-39(30)49-41(32)25-29/h4-25H,1-3H3. The van der Waals surface area contributed by atoms with E-state index in [4.69, 9.17) is 8.83 Å². The minimum Gasteiger partial charge on any atom is -0.457 e. The number of anilines is 6. The molecule has 0 fully saturated rings. The second kappa shape index (κ2) is 9.93. The van der Waals surface area contributed by atoms with Crippen LogP contribution >= 0.6 is 0 Å². The van der Waals surface area contributed by atoms with Gasteiger partial charge in [-0.2, -0.15) is 0 Å². The first-order valence-electron chi connectivity index (χ1n) is 17.3. The molecular formula is C45H31BN2O2. The number of hydrogen-bond acceptors (Lipinski definition) is 4. The van der Waals surface area contributed by atoms with E-state index < -0.39 is 0 Å². The van der Waals surface area contributed by atoms with Crippen LogP contribution in [0.3, 0.4) is 0 Å². The molecule has 0 N–H and O–H groups in total. The van der Waals surface area contributed by atoms with E-state index in [2.05, 4.69) is 152 Å². The van der Waals surface area contributed by atoms with Crippen LogP contribution in [-0.2, 0) is 0 Å². The smallest absolute Gasteiger partial charge is 0.252 e. The lowest BCUT2D eigenvalue weighted by molar-refractivity contribution is 0.669. The summed E-state index contributed by atoms with van der Waals surface area (Å²) in [5.41, 5.74) is 18.1. The van der Waals surface area contributed by atoms with Gasteiger partial charge in [0, 0.05) is 33.3 Å². The predicted molar refractivity (Wildman–Crippen MR) is 209 cm³/mol. The van der Waals surface area contributed by atoms with Gasteiger partial charge in [0.2, 0.25) is 0 Å². The number of furan rings is 2. The zero-order valence-electron chi connectivity index (χ0n) is 28.0. The number of fused-ring (bicyclic) bond motifs is 11. The highest BCUT2D eigenvalue weighted by Gasteiger charge is 2.44. The van der Waals surface area contributed by atoms with Crippen molar-refractivity contribution in [3.63, 3.8) is 0 Å². The Kier molecular flexibility index (Phi) is 5.50. The molecule has 2 aliphatic heterocycles. The zero-order chi connectivity index (χ0) is 33.2. The molecule has 2 aromatic heterocycles. The van der Waals surface area contributed by atoms with E-state index in [0.717, 1.165) is 72.3 Å². The van der Waals surface area contributed by atoms with Crippen molar-refractivity contribution in [2.24, 2.45) is 0 Å². The van der Waals surface area contributed by atoms with E-state index in [1.807, 2.05) is 12.1 Å². The minimum atomic E-state index is -0.0361. The third-order valence-corrected chi connectivity index (χ3v) is 10.9. The van der Waals surface area contributed by atoms with E-state index in [0.29, 0.717) is 0 Å². The van der Waals surface area contributed by atoms with Crippen LogP contribution in [0.5, 0.6) is 0 Å². The van der Waals surface area contributed by atoms with Gasteiger partial charge in [0.1, 0.15) is 22.3 Å². The second-order valence-corrected chi connectivity index (χ2v) is 13.9. The molecule has 7 aromatic carbocycles. The molecule has 0 saturated heterocycles. The van der Waals surface area contributed by atoms with Gasteiger partial charge in [-0.15, -0.1) is 0 Å². The van der Waals surface area contributed by atoms with Crippen molar-refractivity contribution in [3.8, 4) is 0 Å². The number of benzene rings is 7. The molecule has 0 atom stereocenters. The maximum absolute atomic E-state index is 6.86. The quantitative estimate of drug-likeness (QED) is 0.176. The summed E-state index contributed by atoms with van der Waals surface area (Å²) in [6, 6.07) is 48.1. The van der Waals surface area contributed by atoms with Crippen LogP contribution in [0, 0.1) is 20.8 Å². The lowest BCUT2D eigenvalue weighted by atomic mass is 9.33. The van der Waals surface area contributed by atoms with Gasteiger partial charge in [-0.25, -0.2) is 0 Å². The van der Waals surface area contributed by atoms with Crippen LogP contribution in [0.2, 0.25) is 0 Å². The molecule has 5 heteroatoms. The van der Waals surface area contributed by atoms with E-state index in [1.54, 1.807) is 0 Å². The molecule has 0 bridgehead atoms. The highest BCUT2D eigenvalue weighted by Crippen LogP contribution is 2.55. The Morgan fingerprint density at radius 2 is 1.08 bits per heavy atom. The van der Waals surface area contributed by atoms with Gasteiger partial charge in [-0.1, -0.05) is 94.9 Å². The first-order chi connectivity index (χ1) is 24.5. The van der Waals surface area contributed by atoms with Crippen LogP contribution in [0.1, 0.15) is 16.7 Å². The summed E-state index contributed by atoms with van der Waals surface area (Å²) in [5.74, 6) is 0. The van der Waals surface area contributed by atoms with Crippen LogP contribution in [0.25, 0.3) is 43.9 Å². The first kappa shape index (κ1) is 27.7. The highest BCUT2D eigenvalue weighted by atomic mass is 16.3. The van der Waals surface area contributed by atoms with E-state index in [1.165, 1.54) is 38.8 Å². The Hall–Kier alpha value is -6.20. The van der Waals surface area contributed by atoms with E-state index in [-0.39, 0.29) is 6.71 Å².